The number of hydrogen-bond acceptors (Lipinski definition) is 2. The lowest BCUT2D eigenvalue weighted by atomic mass is 9.85. The van der Waals surface area contributed by atoms with Gasteiger partial charge in [0.25, 0.3) is 0 Å². The Labute approximate surface area is 94.5 Å². The maximum absolute atomic E-state index is 11.4. The highest BCUT2D eigenvalue weighted by Crippen LogP contribution is 2.29. The summed E-state index contributed by atoms with van der Waals surface area (Å²) in [6.45, 7) is 3.99. The van der Waals surface area contributed by atoms with E-state index in [9.17, 15) is 4.79 Å². The molecule has 0 radical (unpaired) electrons. The number of alkyl halides is 1. The zero-order valence-corrected chi connectivity index (χ0v) is 10.5. The smallest absolute Gasteiger partial charge is 0.319 e. The van der Waals surface area contributed by atoms with Gasteiger partial charge in [-0.3, -0.25) is 4.79 Å². The fraction of sp³-hybridized carbons (Fsp3) is 0.909. The molecular weight excluding hydrogens is 244 g/mol. The molecular formula is C11H19BrO2. The van der Waals surface area contributed by atoms with Crippen LogP contribution >= 0.6 is 15.9 Å². The van der Waals surface area contributed by atoms with Crippen LogP contribution in [0.2, 0.25) is 0 Å². The van der Waals surface area contributed by atoms with Crippen molar-refractivity contribution in [3.05, 3.63) is 0 Å². The fourth-order valence-corrected chi connectivity index (χ4v) is 2.15. The second-order valence-corrected chi connectivity index (χ2v) is 5.42. The number of ether oxygens (including phenoxy) is 1. The van der Waals surface area contributed by atoms with Crippen molar-refractivity contribution >= 4 is 21.9 Å². The van der Waals surface area contributed by atoms with E-state index < -0.39 is 0 Å². The van der Waals surface area contributed by atoms with Crippen LogP contribution in [0.1, 0.15) is 46.0 Å². The highest BCUT2D eigenvalue weighted by atomic mass is 79.9. The summed E-state index contributed by atoms with van der Waals surface area (Å²) in [6.07, 6.45) is 6.03. The summed E-state index contributed by atoms with van der Waals surface area (Å²) in [5.74, 6) is 0.467. The van der Waals surface area contributed by atoms with Gasteiger partial charge < -0.3 is 4.74 Å². The second kappa shape index (κ2) is 5.74. The van der Waals surface area contributed by atoms with Crippen molar-refractivity contribution in [3.63, 3.8) is 0 Å². The highest BCUT2D eigenvalue weighted by Gasteiger charge is 2.27. The van der Waals surface area contributed by atoms with E-state index in [0.717, 1.165) is 12.8 Å². The van der Waals surface area contributed by atoms with Gasteiger partial charge in [-0.2, -0.15) is 0 Å². The van der Waals surface area contributed by atoms with E-state index in [-0.39, 0.29) is 16.9 Å². The maximum Gasteiger partial charge on any atom is 0.319 e. The predicted octanol–water partition coefficient (Wildman–Crippen LogP) is 3.28. The van der Waals surface area contributed by atoms with E-state index in [1.54, 1.807) is 0 Å². The van der Waals surface area contributed by atoms with Gasteiger partial charge in [0.2, 0.25) is 0 Å². The van der Waals surface area contributed by atoms with Crippen LogP contribution in [0.5, 0.6) is 0 Å². The van der Waals surface area contributed by atoms with Crippen LogP contribution in [0.15, 0.2) is 0 Å². The number of halogens is 1. The molecule has 1 aliphatic carbocycles. The first-order chi connectivity index (χ1) is 6.65. The molecule has 1 aliphatic rings. The van der Waals surface area contributed by atoms with E-state index >= 15 is 0 Å². The van der Waals surface area contributed by atoms with Crippen LogP contribution in [-0.4, -0.2) is 16.9 Å². The molecule has 1 saturated carbocycles. The van der Waals surface area contributed by atoms with Crippen molar-refractivity contribution in [1.82, 2.24) is 0 Å². The van der Waals surface area contributed by atoms with Crippen molar-refractivity contribution in [2.45, 2.75) is 56.9 Å². The number of hydrogen-bond donors (Lipinski definition) is 0. The predicted molar refractivity (Wildman–Crippen MR) is 60.5 cm³/mol. The Balaban J connectivity index is 2.44. The van der Waals surface area contributed by atoms with E-state index in [4.69, 9.17) is 4.74 Å². The minimum atomic E-state index is -0.179. The molecule has 0 aromatic carbocycles. The first-order valence-corrected chi connectivity index (χ1v) is 6.41. The van der Waals surface area contributed by atoms with Gasteiger partial charge in [0.05, 0.1) is 0 Å². The maximum atomic E-state index is 11.4. The van der Waals surface area contributed by atoms with Gasteiger partial charge in [-0.05, 0) is 38.5 Å². The third-order valence-electron chi connectivity index (χ3n) is 2.96. The number of esters is 1. The molecule has 3 heteroatoms. The van der Waals surface area contributed by atoms with Crippen LogP contribution in [0.25, 0.3) is 0 Å². The standard InChI is InChI=1S/C11H19BrO2/c1-3-9-6-4-5-7-10(9)14-11(13)8(2)12/h8-10H,3-7H2,1-2H3. The van der Waals surface area contributed by atoms with Crippen molar-refractivity contribution in [3.8, 4) is 0 Å². The SMILES string of the molecule is CCC1CCCCC1OC(=O)C(C)Br. The molecule has 0 bridgehead atoms. The minimum Gasteiger partial charge on any atom is -0.461 e. The molecule has 1 rings (SSSR count). The second-order valence-electron chi connectivity index (χ2n) is 4.04. The lowest BCUT2D eigenvalue weighted by molar-refractivity contribution is -0.152. The molecule has 0 aromatic rings. The fourth-order valence-electron chi connectivity index (χ4n) is 2.04. The number of rotatable bonds is 3. The first kappa shape index (κ1) is 12.0. The topological polar surface area (TPSA) is 26.3 Å². The van der Waals surface area contributed by atoms with Gasteiger partial charge in [0, 0.05) is 0 Å². The molecule has 0 N–H and O–H groups in total. The Morgan fingerprint density at radius 2 is 2.14 bits per heavy atom. The molecule has 1 fully saturated rings. The number of carbonyl (C=O) groups is 1. The molecule has 0 spiro atoms. The Kier molecular flexibility index (Phi) is 4.93. The van der Waals surface area contributed by atoms with Crippen LogP contribution < -0.4 is 0 Å². The van der Waals surface area contributed by atoms with Crippen LogP contribution in [0.4, 0.5) is 0 Å². The summed E-state index contributed by atoms with van der Waals surface area (Å²) in [5.41, 5.74) is 0. The highest BCUT2D eigenvalue weighted by molar-refractivity contribution is 9.10. The van der Waals surface area contributed by atoms with Crippen molar-refractivity contribution in [2.24, 2.45) is 5.92 Å². The summed E-state index contributed by atoms with van der Waals surface area (Å²) in [4.78, 5) is 11.2. The molecule has 82 valence electrons. The normalized spacial score (nSPS) is 29.6. The molecule has 0 aromatic heterocycles. The lowest BCUT2D eigenvalue weighted by Gasteiger charge is -2.30. The third-order valence-corrected chi connectivity index (χ3v) is 3.33. The molecule has 3 unspecified atom stereocenters. The minimum absolute atomic E-state index is 0.115. The summed E-state index contributed by atoms with van der Waals surface area (Å²) in [6, 6.07) is 0. The first-order valence-electron chi connectivity index (χ1n) is 5.49. The molecule has 14 heavy (non-hydrogen) atoms. The molecule has 0 heterocycles. The summed E-state index contributed by atoms with van der Waals surface area (Å²) in [5, 5.41) is 0. The van der Waals surface area contributed by atoms with Crippen molar-refractivity contribution in [2.75, 3.05) is 0 Å². The summed E-state index contributed by atoms with van der Waals surface area (Å²) in [7, 11) is 0. The van der Waals surface area contributed by atoms with Crippen LogP contribution in [0, 0.1) is 5.92 Å². The molecule has 0 saturated heterocycles. The largest absolute Gasteiger partial charge is 0.461 e. The Morgan fingerprint density at radius 1 is 1.50 bits per heavy atom. The quantitative estimate of drug-likeness (QED) is 0.577. The van der Waals surface area contributed by atoms with Gasteiger partial charge in [-0.15, -0.1) is 0 Å². The molecule has 0 aliphatic heterocycles. The van der Waals surface area contributed by atoms with Gasteiger partial charge in [0.15, 0.2) is 0 Å². The van der Waals surface area contributed by atoms with Crippen LogP contribution in [0.3, 0.4) is 0 Å². The van der Waals surface area contributed by atoms with E-state index in [0.29, 0.717) is 5.92 Å². The monoisotopic (exact) mass is 262 g/mol. The van der Waals surface area contributed by atoms with E-state index in [2.05, 4.69) is 22.9 Å². The summed E-state index contributed by atoms with van der Waals surface area (Å²) >= 11 is 3.23. The third kappa shape index (κ3) is 3.26. The molecule has 0 amide bonds. The van der Waals surface area contributed by atoms with Gasteiger partial charge >= 0.3 is 5.97 Å². The van der Waals surface area contributed by atoms with Crippen LogP contribution in [-0.2, 0) is 9.53 Å². The zero-order valence-electron chi connectivity index (χ0n) is 8.96. The van der Waals surface area contributed by atoms with E-state index in [1.807, 2.05) is 6.92 Å². The molecule has 2 nitrogen and oxygen atoms in total. The van der Waals surface area contributed by atoms with Crippen molar-refractivity contribution < 1.29 is 9.53 Å². The van der Waals surface area contributed by atoms with Gasteiger partial charge in [-0.25, -0.2) is 0 Å². The van der Waals surface area contributed by atoms with Gasteiger partial charge in [-0.1, -0.05) is 29.3 Å². The Hall–Kier alpha value is -0.0500. The zero-order chi connectivity index (χ0) is 10.6. The average molecular weight is 263 g/mol. The molecule has 3 atom stereocenters. The van der Waals surface area contributed by atoms with Gasteiger partial charge in [0.1, 0.15) is 10.9 Å². The summed E-state index contributed by atoms with van der Waals surface area (Å²) < 4.78 is 5.47. The lowest BCUT2D eigenvalue weighted by Crippen LogP contribution is -2.31. The Morgan fingerprint density at radius 3 is 2.71 bits per heavy atom. The average Bonchev–Trinajstić information content (AvgIpc) is 2.18. The number of carbonyl (C=O) groups excluding carboxylic acids is 1. The van der Waals surface area contributed by atoms with E-state index in [1.165, 1.54) is 19.3 Å². The Bertz CT molecular complexity index is 192. The van der Waals surface area contributed by atoms with Crippen molar-refractivity contribution in [1.29, 1.82) is 0 Å².